The lowest BCUT2D eigenvalue weighted by Gasteiger charge is -2.14. The average molecular weight is 691 g/mol. The van der Waals surface area contributed by atoms with Gasteiger partial charge in [0.2, 0.25) is 11.8 Å². The normalized spacial score (nSPS) is 15.0. The number of amides is 2. The minimum Gasteiger partial charge on any atom is -0.494 e. The van der Waals surface area contributed by atoms with Crippen LogP contribution in [0.15, 0.2) is 73.1 Å². The summed E-state index contributed by atoms with van der Waals surface area (Å²) in [5.74, 6) is 0.800. The van der Waals surface area contributed by atoms with E-state index in [1.807, 2.05) is 60.7 Å². The van der Waals surface area contributed by atoms with Crippen molar-refractivity contribution in [3.8, 4) is 39.7 Å². The Hall–Kier alpha value is -4.71. The lowest BCUT2D eigenvalue weighted by atomic mass is 10.0. The molecule has 268 valence electrons. The van der Waals surface area contributed by atoms with Crippen molar-refractivity contribution in [1.82, 2.24) is 29.7 Å². The van der Waals surface area contributed by atoms with Gasteiger partial charge in [0.15, 0.2) is 0 Å². The number of benzene rings is 1. The first-order valence-electron chi connectivity index (χ1n) is 18.3. The van der Waals surface area contributed by atoms with Crippen LogP contribution in [0.5, 0.6) is 5.75 Å². The number of carbonyl (C=O) groups excluding carboxylic acids is 2. The van der Waals surface area contributed by atoms with Crippen LogP contribution in [0.2, 0.25) is 0 Å². The molecule has 2 fully saturated rings. The van der Waals surface area contributed by atoms with Crippen LogP contribution in [-0.4, -0.2) is 108 Å². The van der Waals surface area contributed by atoms with Crippen molar-refractivity contribution in [2.45, 2.75) is 44.9 Å². The highest BCUT2D eigenvalue weighted by atomic mass is 16.5. The third-order valence-corrected chi connectivity index (χ3v) is 9.36. The van der Waals surface area contributed by atoms with Gasteiger partial charge >= 0.3 is 0 Å². The highest BCUT2D eigenvalue weighted by Gasteiger charge is 2.16. The summed E-state index contributed by atoms with van der Waals surface area (Å²) in [6.45, 7) is 7.47. The van der Waals surface area contributed by atoms with Crippen LogP contribution >= 0.6 is 0 Å². The molecule has 4 aromatic rings. The molecule has 0 atom stereocenters. The maximum absolute atomic E-state index is 12.6. The summed E-state index contributed by atoms with van der Waals surface area (Å²) < 4.78 is 5.97. The molecule has 2 N–H and O–H groups in total. The van der Waals surface area contributed by atoms with Gasteiger partial charge in [-0.3, -0.25) is 19.6 Å². The molecule has 0 aliphatic carbocycles. The fourth-order valence-corrected chi connectivity index (χ4v) is 6.49. The van der Waals surface area contributed by atoms with Gasteiger partial charge in [-0.05, 0) is 132 Å². The number of carbonyl (C=O) groups is 2. The zero-order valence-corrected chi connectivity index (χ0v) is 29.9. The number of likely N-dealkylation sites (tertiary alicyclic amines) is 2. The SMILES string of the molecule is CN(C)CCCOc1ccc(-c2cc(-c3ccc(NC(=O)CCN4CCCC4)cn3)nc(-c3ccc(NC(=O)CCN4CCCC4)cn3)c2)cc1. The molecule has 0 spiro atoms. The zero-order valence-electron chi connectivity index (χ0n) is 29.9. The van der Waals surface area contributed by atoms with Gasteiger partial charge in [-0.1, -0.05) is 12.1 Å². The molecule has 5 heterocycles. The zero-order chi connectivity index (χ0) is 35.4. The Morgan fingerprint density at radius 1 is 0.686 bits per heavy atom. The minimum atomic E-state index is -0.0127. The summed E-state index contributed by atoms with van der Waals surface area (Å²) in [6, 6.07) is 19.6. The van der Waals surface area contributed by atoms with E-state index < -0.39 is 0 Å². The van der Waals surface area contributed by atoms with Gasteiger partial charge in [0.05, 0.1) is 53.2 Å². The van der Waals surface area contributed by atoms with Crippen LogP contribution in [-0.2, 0) is 9.59 Å². The molecule has 11 heteroatoms. The molecule has 2 saturated heterocycles. The summed E-state index contributed by atoms with van der Waals surface area (Å²) in [4.78, 5) is 46.4. The van der Waals surface area contributed by atoms with E-state index in [0.717, 1.165) is 69.1 Å². The first-order valence-corrected chi connectivity index (χ1v) is 18.3. The number of pyridine rings is 3. The quantitative estimate of drug-likeness (QED) is 0.136. The number of aromatic nitrogens is 3. The van der Waals surface area contributed by atoms with Crippen molar-refractivity contribution in [3.63, 3.8) is 0 Å². The van der Waals surface area contributed by atoms with Crippen LogP contribution in [0.3, 0.4) is 0 Å². The van der Waals surface area contributed by atoms with Gasteiger partial charge in [0, 0.05) is 32.5 Å². The standard InChI is InChI=1S/C40H50N8O3/c1-46(2)18-7-25-51-34-12-8-30(9-13-34)31-26-37(35-14-10-32(28-41-35)43-39(49)16-23-47-19-3-4-20-47)45-38(27-31)36-15-11-33(29-42-36)44-40(50)17-24-48-21-5-6-22-48/h8-15,26-29H,3-7,16-25H2,1-2H3,(H,43,49)(H,44,50). The Balaban J connectivity index is 1.18. The number of rotatable bonds is 16. The third-order valence-electron chi connectivity index (χ3n) is 9.36. The van der Waals surface area contributed by atoms with Crippen molar-refractivity contribution < 1.29 is 14.3 Å². The largest absolute Gasteiger partial charge is 0.494 e. The van der Waals surface area contributed by atoms with E-state index in [9.17, 15) is 9.59 Å². The van der Waals surface area contributed by atoms with Crippen LogP contribution < -0.4 is 15.4 Å². The summed E-state index contributed by atoms with van der Waals surface area (Å²) in [6.07, 6.45) is 10.1. The van der Waals surface area contributed by atoms with E-state index >= 15 is 0 Å². The van der Waals surface area contributed by atoms with Gasteiger partial charge in [0.1, 0.15) is 5.75 Å². The Bertz CT molecular complexity index is 1620. The first-order chi connectivity index (χ1) is 24.9. The molecule has 2 amide bonds. The molecular formula is C40H50N8O3. The van der Waals surface area contributed by atoms with Crippen molar-refractivity contribution >= 4 is 23.2 Å². The van der Waals surface area contributed by atoms with Gasteiger partial charge in [-0.25, -0.2) is 4.98 Å². The molecule has 0 saturated carbocycles. The molecule has 6 rings (SSSR count). The lowest BCUT2D eigenvalue weighted by molar-refractivity contribution is -0.117. The number of anilines is 2. The molecule has 2 aliphatic heterocycles. The van der Waals surface area contributed by atoms with E-state index in [2.05, 4.69) is 49.4 Å². The molecule has 11 nitrogen and oxygen atoms in total. The molecule has 0 radical (unpaired) electrons. The molecule has 1 aromatic carbocycles. The van der Waals surface area contributed by atoms with Crippen LogP contribution in [0.1, 0.15) is 44.9 Å². The monoisotopic (exact) mass is 690 g/mol. The molecule has 2 aliphatic rings. The summed E-state index contributed by atoms with van der Waals surface area (Å²) in [5, 5.41) is 5.97. The second-order valence-corrected chi connectivity index (χ2v) is 13.7. The second-order valence-electron chi connectivity index (χ2n) is 13.7. The molecule has 0 bridgehead atoms. The van der Waals surface area contributed by atoms with Crippen molar-refractivity contribution in [2.75, 3.05) is 77.1 Å². The Labute approximate surface area is 301 Å². The number of nitrogens with zero attached hydrogens (tertiary/aromatic N) is 6. The van der Waals surface area contributed by atoms with Crippen molar-refractivity contribution in [3.05, 3.63) is 73.1 Å². The number of hydrogen-bond donors (Lipinski definition) is 2. The predicted octanol–water partition coefficient (Wildman–Crippen LogP) is 6.05. The molecule has 0 unspecified atom stereocenters. The van der Waals surface area contributed by atoms with Gasteiger partial charge in [0.25, 0.3) is 0 Å². The van der Waals surface area contributed by atoms with Crippen molar-refractivity contribution in [2.24, 2.45) is 0 Å². The van der Waals surface area contributed by atoms with E-state index in [0.29, 0.717) is 53.6 Å². The van der Waals surface area contributed by atoms with Crippen LogP contribution in [0.4, 0.5) is 11.4 Å². The average Bonchev–Trinajstić information content (AvgIpc) is 3.88. The van der Waals surface area contributed by atoms with Gasteiger partial charge in [-0.2, -0.15) is 0 Å². The Kier molecular flexibility index (Phi) is 12.7. The minimum absolute atomic E-state index is 0.0127. The number of hydrogen-bond acceptors (Lipinski definition) is 9. The molecular weight excluding hydrogens is 640 g/mol. The third kappa shape index (κ3) is 10.9. The Morgan fingerprint density at radius 3 is 1.65 bits per heavy atom. The number of nitrogens with one attached hydrogen (secondary N) is 2. The maximum Gasteiger partial charge on any atom is 0.225 e. The predicted molar refractivity (Wildman–Crippen MR) is 203 cm³/mol. The number of ether oxygens (including phenoxy) is 1. The van der Waals surface area contributed by atoms with Gasteiger partial charge < -0.3 is 30.1 Å². The summed E-state index contributed by atoms with van der Waals surface area (Å²) in [5.41, 5.74) is 5.98. The maximum atomic E-state index is 12.6. The van der Waals surface area contributed by atoms with Crippen LogP contribution in [0.25, 0.3) is 33.9 Å². The summed E-state index contributed by atoms with van der Waals surface area (Å²) in [7, 11) is 4.12. The smallest absolute Gasteiger partial charge is 0.225 e. The highest BCUT2D eigenvalue weighted by molar-refractivity contribution is 5.91. The second kappa shape index (κ2) is 18.0. The molecule has 51 heavy (non-hydrogen) atoms. The highest BCUT2D eigenvalue weighted by Crippen LogP contribution is 2.31. The van der Waals surface area contributed by atoms with E-state index in [1.54, 1.807) is 12.4 Å². The summed E-state index contributed by atoms with van der Waals surface area (Å²) >= 11 is 0. The van der Waals surface area contributed by atoms with Crippen LogP contribution in [0, 0.1) is 0 Å². The fourth-order valence-electron chi connectivity index (χ4n) is 6.49. The first kappa shape index (κ1) is 36.1. The topological polar surface area (TPSA) is 116 Å². The molecule has 3 aromatic heterocycles. The van der Waals surface area contributed by atoms with Crippen molar-refractivity contribution in [1.29, 1.82) is 0 Å². The Morgan fingerprint density at radius 2 is 1.20 bits per heavy atom. The van der Waals surface area contributed by atoms with E-state index in [-0.39, 0.29) is 11.8 Å². The fraction of sp³-hybridized carbons (Fsp3) is 0.425. The van der Waals surface area contributed by atoms with E-state index in [1.165, 1.54) is 25.7 Å². The lowest BCUT2D eigenvalue weighted by Crippen LogP contribution is -2.25. The van der Waals surface area contributed by atoms with E-state index in [4.69, 9.17) is 9.72 Å². The van der Waals surface area contributed by atoms with Gasteiger partial charge in [-0.15, -0.1) is 0 Å².